The van der Waals surface area contributed by atoms with Gasteiger partial charge in [-0.2, -0.15) is 0 Å². The van der Waals surface area contributed by atoms with Gasteiger partial charge in [0.2, 0.25) is 0 Å². The average molecular weight is 150 g/mol. The van der Waals surface area contributed by atoms with Crippen molar-refractivity contribution in [2.75, 3.05) is 0 Å². The molecule has 0 atom stereocenters. The van der Waals surface area contributed by atoms with Gasteiger partial charge in [-0.3, -0.25) is 0 Å². The van der Waals surface area contributed by atoms with Crippen molar-refractivity contribution in [1.82, 2.24) is 4.98 Å². The van der Waals surface area contributed by atoms with Gasteiger partial charge in [-0.15, -0.1) is 0 Å². The lowest BCUT2D eigenvalue weighted by atomic mass is 10.2. The fourth-order valence-corrected chi connectivity index (χ4v) is 0.865. The molecule has 0 spiro atoms. The van der Waals surface area contributed by atoms with Crippen LogP contribution in [0.25, 0.3) is 0 Å². The lowest BCUT2D eigenvalue weighted by molar-refractivity contribution is 0.488. The summed E-state index contributed by atoms with van der Waals surface area (Å²) in [5.41, 5.74) is 0. The van der Waals surface area contributed by atoms with E-state index < -0.39 is 0 Å². The molecule has 0 fully saturated rings. The Morgan fingerprint density at radius 2 is 2.55 bits per heavy atom. The molecular weight excluding hydrogens is 138 g/mol. The molecule has 1 aromatic rings. The van der Waals surface area contributed by atoms with Crippen molar-refractivity contribution in [3.63, 3.8) is 0 Å². The molecule has 0 bridgehead atoms. The van der Waals surface area contributed by atoms with Crippen LogP contribution in [0.4, 0.5) is 0 Å². The van der Waals surface area contributed by atoms with Gasteiger partial charge in [0.05, 0.1) is 6.20 Å². The fourth-order valence-electron chi connectivity index (χ4n) is 0.865. The Bertz CT molecular complexity index is 201. The third-order valence-electron chi connectivity index (χ3n) is 1.41. The summed E-state index contributed by atoms with van der Waals surface area (Å²) in [6.45, 7) is 3.60. The molecule has 0 amide bonds. The van der Waals surface area contributed by atoms with Gasteiger partial charge in [0.1, 0.15) is 6.26 Å². The van der Waals surface area contributed by atoms with Crippen LogP contribution in [0.5, 0.6) is 0 Å². The quantitative estimate of drug-likeness (QED) is 0.616. The van der Waals surface area contributed by atoms with Gasteiger partial charge < -0.3 is 4.42 Å². The van der Waals surface area contributed by atoms with Crippen LogP contribution >= 0.6 is 0 Å². The Kier molecular flexibility index (Phi) is 3.45. The van der Waals surface area contributed by atoms with Gasteiger partial charge in [0.15, 0.2) is 5.89 Å². The van der Waals surface area contributed by atoms with Crippen molar-refractivity contribution in [1.29, 1.82) is 0 Å². The Morgan fingerprint density at radius 3 is 3.18 bits per heavy atom. The second-order valence-corrected chi connectivity index (χ2v) is 2.29. The largest absolute Gasteiger partial charge is 0.449 e. The van der Waals surface area contributed by atoms with Gasteiger partial charge in [-0.05, 0) is 19.8 Å². The van der Waals surface area contributed by atoms with Gasteiger partial charge in [0.25, 0.3) is 0 Å². The Balaban J connectivity index is 2.14. The third-order valence-corrected chi connectivity index (χ3v) is 1.41. The molecule has 0 saturated carbocycles. The maximum atomic E-state index is 5.06. The first kappa shape index (κ1) is 8.05. The van der Waals surface area contributed by atoms with Crippen molar-refractivity contribution >= 4 is 0 Å². The molecule has 2 heteroatoms. The van der Waals surface area contributed by atoms with Crippen LogP contribution in [0, 0.1) is 6.92 Å². The Labute approximate surface area is 66.9 Å². The number of oxazole rings is 1. The van der Waals surface area contributed by atoms with E-state index in [0.717, 1.165) is 25.2 Å². The van der Waals surface area contributed by atoms with Crippen LogP contribution in [-0.4, -0.2) is 4.98 Å². The monoisotopic (exact) mass is 150 g/mol. The summed E-state index contributed by atoms with van der Waals surface area (Å²) < 4.78 is 5.06. The van der Waals surface area contributed by atoms with Crippen molar-refractivity contribution in [3.8, 4) is 0 Å². The normalized spacial score (nSPS) is 11.0. The number of hydrogen-bond acceptors (Lipinski definition) is 2. The fraction of sp³-hybridized carbons (Fsp3) is 0.333. The summed E-state index contributed by atoms with van der Waals surface area (Å²) in [7, 11) is 0. The molecule has 1 aromatic heterocycles. The van der Waals surface area contributed by atoms with E-state index in [1.165, 1.54) is 0 Å². The minimum Gasteiger partial charge on any atom is -0.449 e. The van der Waals surface area contributed by atoms with Crippen molar-refractivity contribution in [2.45, 2.75) is 19.3 Å². The summed E-state index contributed by atoms with van der Waals surface area (Å²) in [5, 5.41) is 0. The molecular formula is C9H12NO. The zero-order chi connectivity index (χ0) is 7.94. The van der Waals surface area contributed by atoms with Crippen molar-refractivity contribution in [2.24, 2.45) is 0 Å². The summed E-state index contributed by atoms with van der Waals surface area (Å²) in [5.74, 6) is 0.822. The highest BCUT2D eigenvalue weighted by atomic mass is 16.3. The molecule has 0 saturated heterocycles. The summed E-state index contributed by atoms with van der Waals surface area (Å²) in [6.07, 6.45) is 10.2. The first-order valence-corrected chi connectivity index (χ1v) is 3.76. The first-order chi connectivity index (χ1) is 5.43. The maximum Gasteiger partial charge on any atom is 0.193 e. The van der Waals surface area contributed by atoms with Crippen LogP contribution in [0.3, 0.4) is 0 Å². The van der Waals surface area contributed by atoms with E-state index in [1.807, 2.05) is 12.2 Å². The Hall–Kier alpha value is -1.05. The minimum absolute atomic E-state index is 0.822. The van der Waals surface area contributed by atoms with Crippen LogP contribution in [0.15, 0.2) is 29.0 Å². The summed E-state index contributed by atoms with van der Waals surface area (Å²) in [6, 6.07) is 0. The zero-order valence-corrected chi connectivity index (χ0v) is 6.49. The minimum atomic E-state index is 0.822. The van der Waals surface area contributed by atoms with Gasteiger partial charge in [-0.1, -0.05) is 12.2 Å². The molecule has 0 unspecified atom stereocenters. The van der Waals surface area contributed by atoms with E-state index in [0.29, 0.717) is 0 Å². The molecule has 1 rings (SSSR count). The topological polar surface area (TPSA) is 26.0 Å². The number of hydrogen-bond donors (Lipinski definition) is 0. The standard InChI is InChI=1S/C9H12NO/c1-2-3-4-5-6-9-10-7-8-11-9/h2-3,7-8H,1,4-6H2. The molecule has 11 heavy (non-hydrogen) atoms. The summed E-state index contributed by atoms with van der Waals surface area (Å²) in [4.78, 5) is 4.01. The number of unbranched alkanes of at least 4 members (excludes halogenated alkanes) is 1. The third kappa shape index (κ3) is 3.03. The zero-order valence-electron chi connectivity index (χ0n) is 6.49. The highest BCUT2D eigenvalue weighted by Gasteiger charge is 1.94. The molecule has 0 aliphatic heterocycles. The smallest absolute Gasteiger partial charge is 0.193 e. The highest BCUT2D eigenvalue weighted by Crippen LogP contribution is 2.01. The molecule has 0 aliphatic rings. The van der Waals surface area contributed by atoms with E-state index in [2.05, 4.69) is 11.9 Å². The van der Waals surface area contributed by atoms with Crippen LogP contribution in [-0.2, 0) is 6.42 Å². The molecule has 1 radical (unpaired) electrons. The second kappa shape index (κ2) is 4.72. The highest BCUT2D eigenvalue weighted by molar-refractivity contribution is 4.86. The molecule has 1 heterocycles. The van der Waals surface area contributed by atoms with Crippen molar-refractivity contribution in [3.05, 3.63) is 37.4 Å². The lowest BCUT2D eigenvalue weighted by Crippen LogP contribution is -1.82. The van der Waals surface area contributed by atoms with Crippen LogP contribution < -0.4 is 0 Å². The number of aromatic nitrogens is 1. The lowest BCUT2D eigenvalue weighted by Gasteiger charge is -1.90. The van der Waals surface area contributed by atoms with Gasteiger partial charge in [0, 0.05) is 6.42 Å². The maximum absolute atomic E-state index is 5.06. The molecule has 0 aromatic carbocycles. The SMILES string of the molecule is [CH2]C=CCCCc1ncco1. The van der Waals surface area contributed by atoms with E-state index in [-0.39, 0.29) is 0 Å². The predicted octanol–water partition coefficient (Wildman–Crippen LogP) is 2.39. The second-order valence-electron chi connectivity index (χ2n) is 2.29. The molecule has 0 aliphatic carbocycles. The predicted molar refractivity (Wildman–Crippen MR) is 43.9 cm³/mol. The first-order valence-electron chi connectivity index (χ1n) is 3.76. The average Bonchev–Trinajstić information content (AvgIpc) is 2.50. The van der Waals surface area contributed by atoms with Crippen LogP contribution in [0.1, 0.15) is 18.7 Å². The molecule has 0 N–H and O–H groups in total. The molecule has 59 valence electrons. The van der Waals surface area contributed by atoms with Gasteiger partial charge >= 0.3 is 0 Å². The number of rotatable bonds is 4. The Morgan fingerprint density at radius 1 is 1.64 bits per heavy atom. The van der Waals surface area contributed by atoms with Crippen molar-refractivity contribution < 1.29 is 4.42 Å². The van der Waals surface area contributed by atoms with E-state index >= 15 is 0 Å². The number of nitrogens with zero attached hydrogens (tertiary/aromatic N) is 1. The number of allylic oxidation sites excluding steroid dienone is 2. The van der Waals surface area contributed by atoms with E-state index in [1.54, 1.807) is 12.5 Å². The van der Waals surface area contributed by atoms with Gasteiger partial charge in [-0.25, -0.2) is 4.98 Å². The number of aryl methyl sites for hydroxylation is 1. The van der Waals surface area contributed by atoms with Crippen LogP contribution in [0.2, 0.25) is 0 Å². The van der Waals surface area contributed by atoms with E-state index in [9.17, 15) is 0 Å². The van der Waals surface area contributed by atoms with E-state index in [4.69, 9.17) is 4.42 Å². The molecule has 2 nitrogen and oxygen atoms in total. The summed E-state index contributed by atoms with van der Waals surface area (Å²) >= 11 is 0.